The zero-order valence-electron chi connectivity index (χ0n) is 17.4. The number of fused-ring (bicyclic) bond motifs is 3. The molecule has 2 aromatic carbocycles. The monoisotopic (exact) mass is 433 g/mol. The fraction of sp³-hybridized carbons (Fsp3) is 0.250. The van der Waals surface area contributed by atoms with E-state index in [4.69, 9.17) is 4.74 Å². The van der Waals surface area contributed by atoms with Gasteiger partial charge in [-0.15, -0.1) is 11.3 Å². The van der Waals surface area contributed by atoms with Gasteiger partial charge in [-0.1, -0.05) is 29.8 Å². The van der Waals surface area contributed by atoms with Crippen LogP contribution in [0.15, 0.2) is 48.5 Å². The molecule has 1 aromatic heterocycles. The highest BCUT2D eigenvalue weighted by atomic mass is 32.1. The highest BCUT2D eigenvalue weighted by Crippen LogP contribution is 2.40. The molecule has 0 saturated carbocycles. The Bertz CT molecular complexity index is 1150. The molecule has 0 spiro atoms. The third kappa shape index (κ3) is 3.82. The largest absolute Gasteiger partial charge is 0.423 e. The minimum Gasteiger partial charge on any atom is -0.423 e. The lowest BCUT2D eigenvalue weighted by Crippen LogP contribution is -2.38. The maximum absolute atomic E-state index is 12.8. The van der Waals surface area contributed by atoms with Gasteiger partial charge in [-0.3, -0.25) is 4.79 Å². The molecule has 0 radical (unpaired) electrons. The average Bonchev–Trinajstić information content (AvgIpc) is 3.12. The lowest BCUT2D eigenvalue weighted by atomic mass is 10.0. The Morgan fingerprint density at radius 2 is 1.84 bits per heavy atom. The van der Waals surface area contributed by atoms with Crippen LogP contribution in [-0.2, 0) is 13.0 Å². The van der Waals surface area contributed by atoms with E-state index in [0.717, 1.165) is 41.2 Å². The Kier molecular flexibility index (Phi) is 5.00. The van der Waals surface area contributed by atoms with Crippen molar-refractivity contribution in [1.29, 1.82) is 0 Å². The van der Waals surface area contributed by atoms with Gasteiger partial charge in [-0.25, -0.2) is 4.79 Å². The number of aryl methyl sites for hydroxylation is 1. The maximum Gasteiger partial charge on any atom is 0.343 e. The third-order valence-electron chi connectivity index (χ3n) is 5.74. The minimum atomic E-state index is -0.393. The number of nitrogens with zero attached hydrogens (tertiary/aromatic N) is 1. The summed E-state index contributed by atoms with van der Waals surface area (Å²) in [6, 6.07) is 14.5. The standard InChI is InChI=1S/C24H23N3O3S/c1-14-3-5-16(6-4-14)24(29)30-17-9-7-15(8-10-17)21-25-22(28)20-18-11-12-27(2)13-19(18)31-23(20)26-21/h3-10,21,26H,11-13H2,1-2H3,(H,25,28)/t21-/m1/s1. The van der Waals surface area contributed by atoms with Gasteiger partial charge in [-0.05, 0) is 55.8 Å². The van der Waals surface area contributed by atoms with Gasteiger partial charge in [0, 0.05) is 18.0 Å². The van der Waals surface area contributed by atoms with E-state index >= 15 is 0 Å². The Balaban J connectivity index is 1.31. The van der Waals surface area contributed by atoms with E-state index in [-0.39, 0.29) is 12.1 Å². The molecule has 3 aromatic rings. The quantitative estimate of drug-likeness (QED) is 0.480. The van der Waals surface area contributed by atoms with Gasteiger partial charge in [0.2, 0.25) is 0 Å². The summed E-state index contributed by atoms with van der Waals surface area (Å²) in [5, 5.41) is 7.46. The van der Waals surface area contributed by atoms with Crippen molar-refractivity contribution in [3.63, 3.8) is 0 Å². The van der Waals surface area contributed by atoms with Crippen LogP contribution < -0.4 is 15.4 Å². The van der Waals surface area contributed by atoms with Crippen LogP contribution in [0.5, 0.6) is 5.75 Å². The number of amides is 1. The van der Waals surface area contributed by atoms with Crippen LogP contribution in [0.4, 0.5) is 5.00 Å². The molecule has 31 heavy (non-hydrogen) atoms. The number of likely N-dealkylation sites (N-methyl/N-ethyl adjacent to an activating group) is 1. The molecule has 2 N–H and O–H groups in total. The first kappa shape index (κ1) is 19.8. The summed E-state index contributed by atoms with van der Waals surface area (Å²) in [7, 11) is 2.10. The number of anilines is 1. The second-order valence-electron chi connectivity index (χ2n) is 8.07. The molecule has 0 fully saturated rings. The summed E-state index contributed by atoms with van der Waals surface area (Å²) >= 11 is 1.67. The number of carbonyl (C=O) groups excluding carboxylic acids is 2. The molecular formula is C24H23N3O3S. The normalized spacial score (nSPS) is 17.9. The zero-order valence-corrected chi connectivity index (χ0v) is 18.2. The Morgan fingerprint density at radius 3 is 2.58 bits per heavy atom. The van der Waals surface area contributed by atoms with Gasteiger partial charge >= 0.3 is 5.97 Å². The third-order valence-corrected chi connectivity index (χ3v) is 6.88. The molecule has 0 aliphatic carbocycles. The summed E-state index contributed by atoms with van der Waals surface area (Å²) in [6.45, 7) is 3.82. The second kappa shape index (κ2) is 7.83. The molecule has 0 saturated heterocycles. The van der Waals surface area contributed by atoms with Gasteiger partial charge in [0.25, 0.3) is 5.91 Å². The smallest absolute Gasteiger partial charge is 0.343 e. The van der Waals surface area contributed by atoms with Crippen molar-refractivity contribution >= 4 is 28.2 Å². The number of nitrogens with one attached hydrogen (secondary N) is 2. The molecule has 158 valence electrons. The summed E-state index contributed by atoms with van der Waals surface area (Å²) in [4.78, 5) is 28.7. The van der Waals surface area contributed by atoms with Gasteiger partial charge in [-0.2, -0.15) is 0 Å². The molecule has 3 heterocycles. The summed E-state index contributed by atoms with van der Waals surface area (Å²) in [5.41, 5.74) is 4.48. The van der Waals surface area contributed by atoms with E-state index in [1.54, 1.807) is 35.6 Å². The van der Waals surface area contributed by atoms with E-state index in [1.165, 1.54) is 10.4 Å². The molecule has 1 atom stereocenters. The fourth-order valence-electron chi connectivity index (χ4n) is 3.99. The summed E-state index contributed by atoms with van der Waals surface area (Å²) < 4.78 is 5.48. The number of hydrogen-bond acceptors (Lipinski definition) is 6. The maximum atomic E-state index is 12.8. The molecule has 0 unspecified atom stereocenters. The average molecular weight is 434 g/mol. The predicted octanol–water partition coefficient (Wildman–Crippen LogP) is 4.12. The number of rotatable bonds is 3. The minimum absolute atomic E-state index is 0.0318. The van der Waals surface area contributed by atoms with E-state index in [2.05, 4.69) is 22.6 Å². The van der Waals surface area contributed by atoms with Gasteiger partial charge in [0.05, 0.1) is 11.1 Å². The van der Waals surface area contributed by atoms with Crippen LogP contribution in [0.3, 0.4) is 0 Å². The molecule has 7 heteroatoms. The molecule has 0 bridgehead atoms. The van der Waals surface area contributed by atoms with E-state index in [0.29, 0.717) is 11.3 Å². The Hall–Kier alpha value is -3.16. The van der Waals surface area contributed by atoms with E-state index in [1.807, 2.05) is 31.2 Å². The number of thiophene rings is 1. The number of carbonyl (C=O) groups is 2. The van der Waals surface area contributed by atoms with Gasteiger partial charge in [0.15, 0.2) is 0 Å². The van der Waals surface area contributed by atoms with Crippen molar-refractivity contribution in [3.8, 4) is 5.75 Å². The second-order valence-corrected chi connectivity index (χ2v) is 9.18. The first-order valence-electron chi connectivity index (χ1n) is 10.3. The molecular weight excluding hydrogens is 410 g/mol. The number of esters is 1. The van der Waals surface area contributed by atoms with Crippen LogP contribution in [0, 0.1) is 6.92 Å². The predicted molar refractivity (Wildman–Crippen MR) is 121 cm³/mol. The highest BCUT2D eigenvalue weighted by molar-refractivity contribution is 7.16. The molecule has 1 amide bonds. The van der Waals surface area contributed by atoms with Crippen molar-refractivity contribution < 1.29 is 14.3 Å². The van der Waals surface area contributed by atoms with Crippen molar-refractivity contribution in [2.75, 3.05) is 18.9 Å². The van der Waals surface area contributed by atoms with Crippen molar-refractivity contribution in [2.24, 2.45) is 0 Å². The van der Waals surface area contributed by atoms with Crippen LogP contribution in [0.2, 0.25) is 0 Å². The van der Waals surface area contributed by atoms with Crippen molar-refractivity contribution in [1.82, 2.24) is 10.2 Å². The van der Waals surface area contributed by atoms with E-state index < -0.39 is 5.97 Å². The molecule has 2 aliphatic heterocycles. The first-order chi connectivity index (χ1) is 15.0. The fourth-order valence-corrected chi connectivity index (χ4v) is 5.35. The molecule has 5 rings (SSSR count). The van der Waals surface area contributed by atoms with Gasteiger partial charge in [0.1, 0.15) is 16.9 Å². The zero-order chi connectivity index (χ0) is 21.5. The van der Waals surface area contributed by atoms with Crippen molar-refractivity contribution in [2.45, 2.75) is 26.1 Å². The lowest BCUT2D eigenvalue weighted by Gasteiger charge is -2.27. The Labute approximate surface area is 184 Å². The van der Waals surface area contributed by atoms with Crippen molar-refractivity contribution in [3.05, 3.63) is 81.2 Å². The number of hydrogen-bond donors (Lipinski definition) is 2. The summed E-state index contributed by atoms with van der Waals surface area (Å²) in [6.07, 6.45) is 0.582. The first-order valence-corrected chi connectivity index (χ1v) is 11.1. The van der Waals surface area contributed by atoms with E-state index in [9.17, 15) is 9.59 Å². The SMILES string of the molecule is Cc1ccc(C(=O)Oc2ccc([C@@H]3NC(=O)c4c(sc5c4CCN(C)C5)N3)cc2)cc1. The van der Waals surface area contributed by atoms with Crippen LogP contribution in [-0.4, -0.2) is 30.4 Å². The lowest BCUT2D eigenvalue weighted by molar-refractivity contribution is 0.0734. The molecule has 2 aliphatic rings. The van der Waals surface area contributed by atoms with Crippen LogP contribution in [0.25, 0.3) is 0 Å². The number of ether oxygens (including phenoxy) is 1. The van der Waals surface area contributed by atoms with Gasteiger partial charge < -0.3 is 20.3 Å². The Morgan fingerprint density at radius 1 is 1.10 bits per heavy atom. The number of benzene rings is 2. The molecule has 6 nitrogen and oxygen atoms in total. The van der Waals surface area contributed by atoms with Crippen LogP contribution in [0.1, 0.15) is 48.4 Å². The van der Waals surface area contributed by atoms with Crippen LogP contribution >= 0.6 is 11.3 Å². The topological polar surface area (TPSA) is 70.7 Å². The summed E-state index contributed by atoms with van der Waals surface area (Å²) in [5.74, 6) is 0.0399. The highest BCUT2D eigenvalue weighted by Gasteiger charge is 2.32.